The van der Waals surface area contributed by atoms with Crippen molar-refractivity contribution in [3.63, 3.8) is 0 Å². The van der Waals surface area contributed by atoms with Crippen LogP contribution in [0.5, 0.6) is 0 Å². The Hall–Kier alpha value is -3.25. The summed E-state index contributed by atoms with van der Waals surface area (Å²) in [6, 6.07) is 19.8. The van der Waals surface area contributed by atoms with E-state index in [0.717, 1.165) is 27.4 Å². The number of carbonyl (C=O) groups is 1. The van der Waals surface area contributed by atoms with Crippen molar-refractivity contribution >= 4 is 23.1 Å². The summed E-state index contributed by atoms with van der Waals surface area (Å²) in [4.78, 5) is 17.0. The number of hydrogen-bond donors (Lipinski definition) is 1. The second-order valence-corrected chi connectivity index (χ2v) is 7.60. The Morgan fingerprint density at radius 1 is 1.04 bits per heavy atom. The van der Waals surface area contributed by atoms with E-state index in [1.165, 1.54) is 0 Å². The highest BCUT2D eigenvalue weighted by Crippen LogP contribution is 2.22. The van der Waals surface area contributed by atoms with Crippen LogP contribution >= 0.6 is 11.3 Å². The Bertz CT molecular complexity index is 1070. The molecule has 2 aromatic heterocycles. The SMILES string of the molecule is Cc1nc(-c2ccc(CC(=O)Nc3ccnn3Cc3ccccc3)cc2)cs1. The average Bonchev–Trinajstić information content (AvgIpc) is 3.32. The van der Waals surface area contributed by atoms with Gasteiger partial charge in [-0.3, -0.25) is 4.79 Å². The second kappa shape index (κ2) is 8.19. The largest absolute Gasteiger partial charge is 0.311 e. The van der Waals surface area contributed by atoms with E-state index < -0.39 is 0 Å². The summed E-state index contributed by atoms with van der Waals surface area (Å²) in [5, 5.41) is 10.4. The van der Waals surface area contributed by atoms with E-state index in [0.29, 0.717) is 18.8 Å². The van der Waals surface area contributed by atoms with Crippen LogP contribution in [0.15, 0.2) is 72.2 Å². The fourth-order valence-electron chi connectivity index (χ4n) is 2.98. The molecule has 0 aliphatic rings. The molecule has 0 unspecified atom stereocenters. The van der Waals surface area contributed by atoms with Crippen molar-refractivity contribution in [2.24, 2.45) is 0 Å². The molecule has 0 atom stereocenters. The molecule has 0 aliphatic heterocycles. The molecule has 2 aromatic carbocycles. The number of nitrogens with one attached hydrogen (secondary N) is 1. The molecule has 28 heavy (non-hydrogen) atoms. The summed E-state index contributed by atoms with van der Waals surface area (Å²) in [6.45, 7) is 2.61. The van der Waals surface area contributed by atoms with Gasteiger partial charge in [-0.25, -0.2) is 9.67 Å². The summed E-state index contributed by atoms with van der Waals surface area (Å²) in [5.41, 5.74) is 4.13. The maximum absolute atomic E-state index is 12.5. The molecule has 0 aliphatic carbocycles. The minimum atomic E-state index is -0.0629. The molecule has 0 saturated heterocycles. The Balaban J connectivity index is 1.39. The quantitative estimate of drug-likeness (QED) is 0.527. The van der Waals surface area contributed by atoms with Crippen molar-refractivity contribution in [3.05, 3.63) is 88.4 Å². The van der Waals surface area contributed by atoms with Crippen molar-refractivity contribution in [1.29, 1.82) is 0 Å². The Morgan fingerprint density at radius 3 is 2.54 bits per heavy atom. The molecule has 0 bridgehead atoms. The Labute approximate surface area is 167 Å². The third kappa shape index (κ3) is 4.35. The molecule has 0 fully saturated rings. The topological polar surface area (TPSA) is 59.8 Å². The van der Waals surface area contributed by atoms with Crippen molar-refractivity contribution < 1.29 is 4.79 Å². The van der Waals surface area contributed by atoms with Gasteiger partial charge in [0.2, 0.25) is 5.91 Å². The molecular weight excluding hydrogens is 368 g/mol. The summed E-state index contributed by atoms with van der Waals surface area (Å²) in [5.74, 6) is 0.635. The number of anilines is 1. The van der Waals surface area contributed by atoms with Gasteiger partial charge in [-0.05, 0) is 18.1 Å². The standard InChI is InChI=1S/C22H20N4OS/c1-16-24-20(15-28-16)19-9-7-17(8-10-19)13-22(27)25-21-11-12-23-26(21)14-18-5-3-2-4-6-18/h2-12,15H,13-14H2,1H3,(H,25,27). The fraction of sp³-hybridized carbons (Fsp3) is 0.136. The van der Waals surface area contributed by atoms with Crippen LogP contribution in [0.25, 0.3) is 11.3 Å². The van der Waals surface area contributed by atoms with Crippen LogP contribution < -0.4 is 5.32 Å². The summed E-state index contributed by atoms with van der Waals surface area (Å²) < 4.78 is 1.79. The number of amides is 1. The third-order valence-corrected chi connectivity index (χ3v) is 5.17. The van der Waals surface area contributed by atoms with Crippen molar-refractivity contribution in [2.75, 3.05) is 5.32 Å². The number of aryl methyl sites for hydroxylation is 1. The van der Waals surface area contributed by atoms with Gasteiger partial charge in [-0.15, -0.1) is 11.3 Å². The fourth-order valence-corrected chi connectivity index (χ4v) is 3.61. The summed E-state index contributed by atoms with van der Waals surface area (Å²) in [7, 11) is 0. The van der Waals surface area contributed by atoms with Crippen LogP contribution in [0.2, 0.25) is 0 Å². The molecule has 5 nitrogen and oxygen atoms in total. The van der Waals surface area contributed by atoms with E-state index in [9.17, 15) is 4.79 Å². The van der Waals surface area contributed by atoms with Crippen LogP contribution in [0.3, 0.4) is 0 Å². The van der Waals surface area contributed by atoms with Gasteiger partial charge < -0.3 is 5.32 Å². The lowest BCUT2D eigenvalue weighted by Crippen LogP contribution is -2.18. The predicted molar refractivity (Wildman–Crippen MR) is 112 cm³/mol. The van der Waals surface area contributed by atoms with Gasteiger partial charge in [0.05, 0.1) is 29.9 Å². The highest BCUT2D eigenvalue weighted by Gasteiger charge is 2.09. The molecular formula is C22H20N4OS. The molecule has 1 N–H and O–H groups in total. The monoisotopic (exact) mass is 388 g/mol. The first-order valence-corrected chi connectivity index (χ1v) is 9.92. The van der Waals surface area contributed by atoms with E-state index in [1.807, 2.05) is 73.0 Å². The summed E-state index contributed by atoms with van der Waals surface area (Å²) >= 11 is 1.63. The number of hydrogen-bond acceptors (Lipinski definition) is 4. The third-order valence-electron chi connectivity index (χ3n) is 4.39. The smallest absolute Gasteiger partial charge is 0.229 e. The minimum absolute atomic E-state index is 0.0629. The van der Waals surface area contributed by atoms with E-state index >= 15 is 0 Å². The van der Waals surface area contributed by atoms with Gasteiger partial charge in [0.15, 0.2) is 0 Å². The van der Waals surface area contributed by atoms with Gasteiger partial charge in [-0.1, -0.05) is 54.6 Å². The first kappa shape index (κ1) is 18.1. The zero-order chi connectivity index (χ0) is 19.3. The van der Waals surface area contributed by atoms with Crippen molar-refractivity contribution in [3.8, 4) is 11.3 Å². The van der Waals surface area contributed by atoms with Gasteiger partial charge in [0.1, 0.15) is 5.82 Å². The number of thiazole rings is 1. The van der Waals surface area contributed by atoms with Gasteiger partial charge >= 0.3 is 0 Å². The molecule has 6 heteroatoms. The normalized spacial score (nSPS) is 10.8. The van der Waals surface area contributed by atoms with Crippen LogP contribution in [0, 0.1) is 6.92 Å². The number of aromatic nitrogens is 3. The number of rotatable bonds is 6. The molecule has 140 valence electrons. The molecule has 4 aromatic rings. The molecule has 2 heterocycles. The maximum atomic E-state index is 12.5. The summed E-state index contributed by atoms with van der Waals surface area (Å²) in [6.07, 6.45) is 2.01. The first-order valence-electron chi connectivity index (χ1n) is 9.04. The molecule has 1 amide bonds. The van der Waals surface area contributed by atoms with Gasteiger partial charge in [-0.2, -0.15) is 5.10 Å². The number of carbonyl (C=O) groups excluding carboxylic acids is 1. The lowest BCUT2D eigenvalue weighted by Gasteiger charge is -2.09. The second-order valence-electron chi connectivity index (χ2n) is 6.53. The van der Waals surface area contributed by atoms with Crippen LogP contribution in [-0.4, -0.2) is 20.7 Å². The Kier molecular flexibility index (Phi) is 5.30. The van der Waals surface area contributed by atoms with Crippen molar-refractivity contribution in [1.82, 2.24) is 14.8 Å². The molecule has 0 radical (unpaired) electrons. The van der Waals surface area contributed by atoms with Crippen LogP contribution in [0.1, 0.15) is 16.1 Å². The molecule has 4 rings (SSSR count). The van der Waals surface area contributed by atoms with Crippen molar-refractivity contribution in [2.45, 2.75) is 19.9 Å². The first-order chi connectivity index (χ1) is 13.7. The van der Waals surface area contributed by atoms with E-state index in [4.69, 9.17) is 0 Å². The molecule has 0 spiro atoms. The van der Waals surface area contributed by atoms with Gasteiger partial charge in [0.25, 0.3) is 0 Å². The van der Waals surface area contributed by atoms with Gasteiger partial charge in [0, 0.05) is 17.0 Å². The predicted octanol–water partition coefficient (Wildman–Crippen LogP) is 4.54. The zero-order valence-electron chi connectivity index (χ0n) is 15.5. The lowest BCUT2D eigenvalue weighted by molar-refractivity contribution is -0.115. The van der Waals surface area contributed by atoms with Crippen LogP contribution in [-0.2, 0) is 17.8 Å². The zero-order valence-corrected chi connectivity index (χ0v) is 16.3. The van der Waals surface area contributed by atoms with E-state index in [-0.39, 0.29) is 5.91 Å². The Morgan fingerprint density at radius 2 is 1.82 bits per heavy atom. The van der Waals surface area contributed by atoms with E-state index in [2.05, 4.69) is 15.4 Å². The highest BCUT2D eigenvalue weighted by molar-refractivity contribution is 7.09. The maximum Gasteiger partial charge on any atom is 0.229 e. The molecule has 0 saturated carbocycles. The highest BCUT2D eigenvalue weighted by atomic mass is 32.1. The number of nitrogens with zero attached hydrogens (tertiary/aromatic N) is 3. The number of benzene rings is 2. The van der Waals surface area contributed by atoms with Crippen LogP contribution in [0.4, 0.5) is 5.82 Å². The van der Waals surface area contributed by atoms with E-state index in [1.54, 1.807) is 22.2 Å². The minimum Gasteiger partial charge on any atom is -0.311 e. The lowest BCUT2D eigenvalue weighted by atomic mass is 10.1. The average molecular weight is 388 g/mol.